The largest absolute Gasteiger partial charge is 0.492 e. The van der Waals surface area contributed by atoms with Crippen molar-refractivity contribution in [3.8, 4) is 5.75 Å². The highest BCUT2D eigenvalue weighted by atomic mass is 79.9. The molecule has 1 N–H and O–H groups in total. The Balaban J connectivity index is 2.95. The first-order valence-electron chi connectivity index (χ1n) is 6.63. The molecule has 1 aromatic carbocycles. The predicted molar refractivity (Wildman–Crippen MR) is 83.8 cm³/mol. The number of hydrogen-bond donors (Lipinski definition) is 1. The molecule has 0 saturated carbocycles. The van der Waals surface area contributed by atoms with E-state index in [1.807, 2.05) is 20.8 Å². The summed E-state index contributed by atoms with van der Waals surface area (Å²) in [6.45, 7) is 6.30. The highest BCUT2D eigenvalue weighted by Gasteiger charge is 2.12. The predicted octanol–water partition coefficient (Wildman–Crippen LogP) is 3.65. The lowest BCUT2D eigenvalue weighted by Crippen LogP contribution is -2.15. The Kier molecular flexibility index (Phi) is 6.71. The molecule has 0 unspecified atom stereocenters. The van der Waals surface area contributed by atoms with E-state index >= 15 is 0 Å². The monoisotopic (exact) mass is 341 g/mol. The number of hydrogen-bond acceptors (Lipinski definition) is 3. The van der Waals surface area contributed by atoms with Crippen molar-refractivity contribution in [1.82, 2.24) is 0 Å². The molecule has 5 heteroatoms. The van der Waals surface area contributed by atoms with E-state index in [-0.39, 0.29) is 17.0 Å². The van der Waals surface area contributed by atoms with E-state index in [2.05, 4.69) is 21.2 Å². The second-order valence-corrected chi connectivity index (χ2v) is 5.41. The van der Waals surface area contributed by atoms with Gasteiger partial charge in [-0.25, -0.2) is 0 Å². The molecule has 0 atom stereocenters. The van der Waals surface area contributed by atoms with Crippen molar-refractivity contribution in [3.63, 3.8) is 0 Å². The highest BCUT2D eigenvalue weighted by Crippen LogP contribution is 2.27. The lowest BCUT2D eigenvalue weighted by Gasteiger charge is -2.13. The van der Waals surface area contributed by atoms with E-state index in [9.17, 15) is 9.59 Å². The number of carbonyl (C=O) groups excluding carboxylic acids is 2. The molecule has 0 bridgehead atoms. The van der Waals surface area contributed by atoms with Gasteiger partial charge in [0.15, 0.2) is 5.78 Å². The van der Waals surface area contributed by atoms with Crippen LogP contribution in [0.1, 0.15) is 37.6 Å². The minimum Gasteiger partial charge on any atom is -0.492 e. The quantitative estimate of drug-likeness (QED) is 0.608. The number of ketones is 1. The third kappa shape index (κ3) is 4.96. The maximum atomic E-state index is 11.8. The van der Waals surface area contributed by atoms with E-state index in [1.165, 1.54) is 0 Å². The van der Waals surface area contributed by atoms with Gasteiger partial charge in [0.25, 0.3) is 0 Å². The fourth-order valence-electron chi connectivity index (χ4n) is 1.72. The lowest BCUT2D eigenvalue weighted by molar-refractivity contribution is -0.116. The number of anilines is 1. The van der Waals surface area contributed by atoms with Crippen molar-refractivity contribution in [2.75, 3.05) is 17.3 Å². The van der Waals surface area contributed by atoms with Gasteiger partial charge < -0.3 is 10.1 Å². The first-order valence-corrected chi connectivity index (χ1v) is 7.75. The normalized spacial score (nSPS) is 10.4. The van der Waals surface area contributed by atoms with Crippen LogP contribution in [0.3, 0.4) is 0 Å². The van der Waals surface area contributed by atoms with E-state index in [4.69, 9.17) is 4.74 Å². The standard InChI is InChI=1S/C15H20BrNO3/c1-4-20-14-8-11(13(18)9-16)5-6-12(14)17-15(19)7-10(2)3/h5-6,8,10H,4,7,9H2,1-3H3,(H,17,19). The van der Waals surface area contributed by atoms with Crippen LogP contribution in [-0.2, 0) is 4.79 Å². The van der Waals surface area contributed by atoms with Crippen molar-refractivity contribution in [3.05, 3.63) is 23.8 Å². The van der Waals surface area contributed by atoms with Crippen molar-refractivity contribution in [2.24, 2.45) is 5.92 Å². The van der Waals surface area contributed by atoms with Crippen LogP contribution in [0.5, 0.6) is 5.75 Å². The zero-order valence-corrected chi connectivity index (χ0v) is 13.6. The van der Waals surface area contributed by atoms with Gasteiger partial charge in [-0.05, 0) is 31.0 Å². The molecular formula is C15H20BrNO3. The van der Waals surface area contributed by atoms with Crippen LogP contribution in [0.25, 0.3) is 0 Å². The van der Waals surface area contributed by atoms with Crippen LogP contribution >= 0.6 is 15.9 Å². The molecular weight excluding hydrogens is 322 g/mol. The Bertz CT molecular complexity index is 486. The van der Waals surface area contributed by atoms with Crippen LogP contribution < -0.4 is 10.1 Å². The molecule has 0 aliphatic rings. The molecule has 1 rings (SSSR count). The number of nitrogens with one attached hydrogen (secondary N) is 1. The number of carbonyl (C=O) groups is 2. The van der Waals surface area contributed by atoms with Gasteiger partial charge in [-0.3, -0.25) is 9.59 Å². The minimum atomic E-state index is -0.0551. The zero-order chi connectivity index (χ0) is 15.1. The Morgan fingerprint density at radius 2 is 2.05 bits per heavy atom. The average Bonchev–Trinajstić information content (AvgIpc) is 2.39. The molecule has 4 nitrogen and oxygen atoms in total. The van der Waals surface area contributed by atoms with E-state index in [0.717, 1.165) is 0 Å². The van der Waals surface area contributed by atoms with Gasteiger partial charge in [0.1, 0.15) is 5.75 Å². The Hall–Kier alpha value is -1.36. The summed E-state index contributed by atoms with van der Waals surface area (Å²) in [5.74, 6) is 0.739. The summed E-state index contributed by atoms with van der Waals surface area (Å²) < 4.78 is 5.50. The topological polar surface area (TPSA) is 55.4 Å². The van der Waals surface area contributed by atoms with E-state index in [1.54, 1.807) is 18.2 Å². The van der Waals surface area contributed by atoms with Gasteiger partial charge in [0.05, 0.1) is 17.6 Å². The maximum Gasteiger partial charge on any atom is 0.224 e. The Morgan fingerprint density at radius 1 is 1.35 bits per heavy atom. The van der Waals surface area contributed by atoms with Crippen LogP contribution in [-0.4, -0.2) is 23.6 Å². The fourth-order valence-corrected chi connectivity index (χ4v) is 2.05. The van der Waals surface area contributed by atoms with Crippen LogP contribution in [0.2, 0.25) is 0 Å². The molecule has 0 radical (unpaired) electrons. The minimum absolute atomic E-state index is 0.0222. The summed E-state index contributed by atoms with van der Waals surface area (Å²) in [6.07, 6.45) is 0.452. The number of rotatable bonds is 7. The number of ether oxygens (including phenoxy) is 1. The van der Waals surface area contributed by atoms with Gasteiger partial charge in [-0.2, -0.15) is 0 Å². The molecule has 1 amide bonds. The second kappa shape index (κ2) is 8.04. The van der Waals surface area contributed by atoms with Gasteiger partial charge >= 0.3 is 0 Å². The molecule has 110 valence electrons. The summed E-state index contributed by atoms with van der Waals surface area (Å²) in [6, 6.07) is 5.06. The first kappa shape index (κ1) is 16.7. The van der Waals surface area contributed by atoms with Gasteiger partial charge in [-0.15, -0.1) is 0 Å². The van der Waals surface area contributed by atoms with Gasteiger partial charge in [0.2, 0.25) is 5.91 Å². The van der Waals surface area contributed by atoms with Crippen molar-refractivity contribution < 1.29 is 14.3 Å². The molecule has 0 spiro atoms. The number of Topliss-reactive ketones (excluding diaryl/α,β-unsaturated/α-hetero) is 1. The fraction of sp³-hybridized carbons (Fsp3) is 0.467. The summed E-state index contributed by atoms with van der Waals surface area (Å²) in [5.41, 5.74) is 1.16. The second-order valence-electron chi connectivity index (χ2n) is 4.85. The molecule has 0 aromatic heterocycles. The molecule has 0 saturated heterocycles. The van der Waals surface area contributed by atoms with Crippen LogP contribution in [0.15, 0.2) is 18.2 Å². The Labute approximate surface area is 128 Å². The molecule has 20 heavy (non-hydrogen) atoms. The molecule has 0 heterocycles. The molecule has 0 aliphatic carbocycles. The zero-order valence-electron chi connectivity index (χ0n) is 12.0. The third-order valence-corrected chi connectivity index (χ3v) is 3.10. The Morgan fingerprint density at radius 3 is 2.60 bits per heavy atom. The first-order chi connectivity index (χ1) is 9.47. The maximum absolute atomic E-state index is 11.8. The van der Waals surface area contributed by atoms with Crippen molar-refractivity contribution in [1.29, 1.82) is 0 Å². The molecule has 0 aliphatic heterocycles. The van der Waals surface area contributed by atoms with E-state index in [0.29, 0.717) is 35.9 Å². The number of benzene rings is 1. The molecule has 1 aromatic rings. The average molecular weight is 342 g/mol. The van der Waals surface area contributed by atoms with Gasteiger partial charge in [-0.1, -0.05) is 29.8 Å². The number of amides is 1. The smallest absolute Gasteiger partial charge is 0.224 e. The molecule has 0 fully saturated rings. The van der Waals surface area contributed by atoms with Crippen molar-refractivity contribution in [2.45, 2.75) is 27.2 Å². The summed E-state index contributed by atoms with van der Waals surface area (Å²) in [4.78, 5) is 23.5. The summed E-state index contributed by atoms with van der Waals surface area (Å²) in [7, 11) is 0. The third-order valence-electron chi connectivity index (χ3n) is 2.59. The van der Waals surface area contributed by atoms with Gasteiger partial charge in [0, 0.05) is 12.0 Å². The summed E-state index contributed by atoms with van der Waals surface area (Å²) in [5, 5.41) is 3.09. The van der Waals surface area contributed by atoms with Crippen LogP contribution in [0.4, 0.5) is 5.69 Å². The highest BCUT2D eigenvalue weighted by molar-refractivity contribution is 9.09. The SMILES string of the molecule is CCOc1cc(C(=O)CBr)ccc1NC(=O)CC(C)C. The van der Waals surface area contributed by atoms with E-state index < -0.39 is 0 Å². The lowest BCUT2D eigenvalue weighted by atomic mass is 10.1. The number of halogens is 1. The van der Waals surface area contributed by atoms with Crippen LogP contribution in [0, 0.1) is 5.92 Å². The summed E-state index contributed by atoms with van der Waals surface area (Å²) >= 11 is 3.14. The number of alkyl halides is 1. The van der Waals surface area contributed by atoms with Crippen molar-refractivity contribution >= 4 is 33.3 Å².